The Morgan fingerprint density at radius 2 is 2.40 bits per heavy atom. The number of amides is 1. The first kappa shape index (κ1) is 9.19. The van der Waals surface area contributed by atoms with Gasteiger partial charge in [0.05, 0.1) is 13.0 Å². The molecule has 0 saturated heterocycles. The second-order valence-corrected chi connectivity index (χ2v) is 1.69. The number of halogens is 1. The molecule has 0 saturated carbocycles. The maximum Gasteiger partial charge on any atom is 0.429 e. The summed E-state index contributed by atoms with van der Waals surface area (Å²) < 4.78 is 4.20. The van der Waals surface area contributed by atoms with E-state index in [1.54, 1.807) is 0 Å². The Hall–Kier alpha value is -0.810. The van der Waals surface area contributed by atoms with E-state index in [2.05, 4.69) is 4.74 Å². The molecule has 0 heterocycles. The number of hydrogen-bond acceptors (Lipinski definition) is 4. The van der Waals surface area contributed by atoms with Gasteiger partial charge in [0, 0.05) is 0 Å². The Morgan fingerprint density at radius 1 is 1.90 bits per heavy atom. The van der Waals surface area contributed by atoms with Gasteiger partial charge in [-0.15, -0.1) is 11.6 Å². The third-order valence-corrected chi connectivity index (χ3v) is 1.04. The fourth-order valence-electron chi connectivity index (χ4n) is 0.273. The molecule has 6 heteroatoms. The summed E-state index contributed by atoms with van der Waals surface area (Å²) in [6.45, 7) is 0. The fourth-order valence-corrected chi connectivity index (χ4v) is 0.402. The lowest BCUT2D eigenvalue weighted by Gasteiger charge is -2.12. The third-order valence-electron chi connectivity index (χ3n) is 0.789. The second kappa shape index (κ2) is 4.08. The van der Waals surface area contributed by atoms with Gasteiger partial charge in [0.15, 0.2) is 0 Å². The summed E-state index contributed by atoms with van der Waals surface area (Å²) in [4.78, 5) is 10.5. The fraction of sp³-hybridized carbons (Fsp3) is 0.500. The first-order valence-corrected chi connectivity index (χ1v) is 2.93. The molecule has 0 spiro atoms. The number of nitrogens with one attached hydrogen (secondary N) is 1. The van der Waals surface area contributed by atoms with E-state index in [0.717, 1.165) is 0 Å². The highest BCUT2D eigenvalue weighted by molar-refractivity contribution is 6.28. The molecule has 58 valence electrons. The van der Waals surface area contributed by atoms with Gasteiger partial charge in [-0.25, -0.2) is 10.6 Å². The van der Waals surface area contributed by atoms with Gasteiger partial charge < -0.3 is 4.74 Å². The first-order valence-electron chi connectivity index (χ1n) is 2.39. The van der Waals surface area contributed by atoms with Gasteiger partial charge in [0.1, 0.15) is 5.84 Å². The zero-order valence-corrected chi connectivity index (χ0v) is 6.18. The minimum atomic E-state index is -0.800. The van der Waals surface area contributed by atoms with Crippen molar-refractivity contribution in [1.82, 2.24) is 5.01 Å². The number of ether oxygens (including phenoxy) is 1. The highest BCUT2D eigenvalue weighted by Crippen LogP contribution is 1.88. The summed E-state index contributed by atoms with van der Waals surface area (Å²) in [5.74, 6) is 4.71. The summed E-state index contributed by atoms with van der Waals surface area (Å²) in [5, 5.41) is 7.48. The minimum absolute atomic E-state index is 0.119. The predicted molar refractivity (Wildman–Crippen MR) is 36.9 cm³/mol. The molecule has 0 aliphatic heterocycles. The summed E-state index contributed by atoms with van der Waals surface area (Å²) >= 11 is 5.19. The van der Waals surface area contributed by atoms with E-state index in [4.69, 9.17) is 22.9 Å². The molecule has 1 amide bonds. The molecule has 0 fully saturated rings. The third kappa shape index (κ3) is 2.20. The molecule has 5 nitrogen and oxygen atoms in total. The number of hydrazine groups is 1. The Bertz CT molecular complexity index is 133. The largest absolute Gasteiger partial charge is 0.452 e. The van der Waals surface area contributed by atoms with E-state index in [-0.39, 0.29) is 11.7 Å². The van der Waals surface area contributed by atoms with Crippen LogP contribution in [0.25, 0.3) is 0 Å². The van der Waals surface area contributed by atoms with Gasteiger partial charge in [0.2, 0.25) is 0 Å². The van der Waals surface area contributed by atoms with E-state index in [9.17, 15) is 4.79 Å². The first-order chi connectivity index (χ1) is 4.63. The molecule has 0 radical (unpaired) electrons. The number of rotatable bonds is 1. The summed E-state index contributed by atoms with van der Waals surface area (Å²) in [7, 11) is 1.17. The van der Waals surface area contributed by atoms with Gasteiger partial charge >= 0.3 is 6.09 Å². The van der Waals surface area contributed by atoms with Crippen LogP contribution in [0.5, 0.6) is 0 Å². The average molecular weight is 166 g/mol. The lowest BCUT2D eigenvalue weighted by molar-refractivity contribution is 0.146. The molecule has 0 bridgehead atoms. The van der Waals surface area contributed by atoms with Crippen molar-refractivity contribution < 1.29 is 9.53 Å². The van der Waals surface area contributed by atoms with Gasteiger partial charge in [0.25, 0.3) is 0 Å². The molecule has 10 heavy (non-hydrogen) atoms. The highest BCUT2D eigenvalue weighted by atomic mass is 35.5. The zero-order chi connectivity index (χ0) is 8.15. The van der Waals surface area contributed by atoms with Crippen LogP contribution in [0, 0.1) is 5.41 Å². The van der Waals surface area contributed by atoms with E-state index in [0.29, 0.717) is 5.01 Å². The molecule has 0 unspecified atom stereocenters. The molecule has 0 aromatic carbocycles. The van der Waals surface area contributed by atoms with Crippen molar-refractivity contribution in [2.75, 3.05) is 13.0 Å². The Kier molecular flexibility index (Phi) is 3.75. The number of alkyl halides is 1. The lowest BCUT2D eigenvalue weighted by Crippen LogP contribution is -2.42. The quantitative estimate of drug-likeness (QED) is 0.145. The van der Waals surface area contributed by atoms with E-state index in [1.165, 1.54) is 7.11 Å². The molecular weight excluding hydrogens is 158 g/mol. The van der Waals surface area contributed by atoms with Crippen LogP contribution in [-0.2, 0) is 4.74 Å². The lowest BCUT2D eigenvalue weighted by atomic mass is 10.6. The maximum absolute atomic E-state index is 10.5. The molecular formula is C4H8ClN3O2. The van der Waals surface area contributed by atoms with Crippen molar-refractivity contribution >= 4 is 23.5 Å². The number of carbonyl (C=O) groups excluding carboxylic acids is 1. The number of carbonyl (C=O) groups is 1. The topological polar surface area (TPSA) is 79.4 Å². The normalized spacial score (nSPS) is 8.70. The molecule has 3 N–H and O–H groups in total. The van der Waals surface area contributed by atoms with Crippen molar-refractivity contribution in [3.05, 3.63) is 0 Å². The maximum atomic E-state index is 10.5. The van der Waals surface area contributed by atoms with Crippen molar-refractivity contribution in [3.8, 4) is 0 Å². The van der Waals surface area contributed by atoms with Crippen LogP contribution in [0.2, 0.25) is 0 Å². The number of nitrogens with two attached hydrogens (primary N) is 1. The summed E-state index contributed by atoms with van der Waals surface area (Å²) in [6, 6.07) is 0. The van der Waals surface area contributed by atoms with Crippen LogP contribution in [0.15, 0.2) is 0 Å². The molecule has 0 aromatic rings. The molecule has 0 aliphatic carbocycles. The standard InChI is InChI=1S/C4H8ClN3O2/c1-10-4(9)8(7)3(6)2-5/h6H,2,7H2,1H3. The van der Waals surface area contributed by atoms with Crippen molar-refractivity contribution in [2.24, 2.45) is 5.84 Å². The number of nitrogens with zero attached hydrogens (tertiary/aromatic N) is 1. The van der Waals surface area contributed by atoms with E-state index < -0.39 is 6.09 Å². The van der Waals surface area contributed by atoms with E-state index in [1.807, 2.05) is 0 Å². The van der Waals surface area contributed by atoms with Gasteiger partial charge in [-0.3, -0.25) is 5.41 Å². The zero-order valence-electron chi connectivity index (χ0n) is 5.43. The Labute approximate surface area is 63.2 Å². The average Bonchev–Trinajstić information content (AvgIpc) is 2.00. The minimum Gasteiger partial charge on any atom is -0.452 e. The number of hydrogen-bond donors (Lipinski definition) is 2. The van der Waals surface area contributed by atoms with Gasteiger partial charge in [-0.05, 0) is 0 Å². The predicted octanol–water partition coefficient (Wildman–Crippen LogP) is 0.145. The second-order valence-electron chi connectivity index (χ2n) is 1.42. The SMILES string of the molecule is COC(=O)N(N)C(=N)CCl. The monoisotopic (exact) mass is 165 g/mol. The Balaban J connectivity index is 3.94. The molecule has 0 atom stereocenters. The van der Waals surface area contributed by atoms with E-state index >= 15 is 0 Å². The summed E-state index contributed by atoms with van der Waals surface area (Å²) in [6.07, 6.45) is -0.800. The van der Waals surface area contributed by atoms with Gasteiger partial charge in [-0.2, -0.15) is 5.01 Å². The van der Waals surface area contributed by atoms with Crippen LogP contribution in [0.4, 0.5) is 4.79 Å². The number of amidine groups is 1. The smallest absolute Gasteiger partial charge is 0.429 e. The molecule has 0 rings (SSSR count). The van der Waals surface area contributed by atoms with Crippen LogP contribution in [0.1, 0.15) is 0 Å². The van der Waals surface area contributed by atoms with Crippen LogP contribution < -0.4 is 5.84 Å². The van der Waals surface area contributed by atoms with Crippen LogP contribution in [0.3, 0.4) is 0 Å². The van der Waals surface area contributed by atoms with Crippen LogP contribution >= 0.6 is 11.6 Å². The Morgan fingerprint density at radius 3 is 2.70 bits per heavy atom. The highest BCUT2D eigenvalue weighted by Gasteiger charge is 2.12. The van der Waals surface area contributed by atoms with Crippen molar-refractivity contribution in [3.63, 3.8) is 0 Å². The molecule has 0 aromatic heterocycles. The van der Waals surface area contributed by atoms with Crippen LogP contribution in [-0.4, -0.2) is 29.9 Å². The molecule has 0 aliphatic rings. The summed E-state index contributed by atoms with van der Waals surface area (Å²) in [5.41, 5.74) is 0. The van der Waals surface area contributed by atoms with Gasteiger partial charge in [-0.1, -0.05) is 0 Å². The number of methoxy groups -OCH3 is 1. The van der Waals surface area contributed by atoms with Crippen molar-refractivity contribution in [1.29, 1.82) is 5.41 Å². The van der Waals surface area contributed by atoms with Crippen molar-refractivity contribution in [2.45, 2.75) is 0 Å².